The van der Waals surface area contributed by atoms with Crippen molar-refractivity contribution in [3.63, 3.8) is 0 Å². The van der Waals surface area contributed by atoms with Crippen LogP contribution in [-0.4, -0.2) is 17.9 Å². The maximum absolute atomic E-state index is 14.1. The van der Waals surface area contributed by atoms with Crippen molar-refractivity contribution in [1.82, 2.24) is 0 Å². The molecule has 5 aromatic carbocycles. The zero-order chi connectivity index (χ0) is 25.6. The Morgan fingerprint density at radius 3 is 1.16 bits per heavy atom. The van der Waals surface area contributed by atoms with Crippen LogP contribution < -0.4 is 15.9 Å². The Labute approximate surface area is 217 Å². The summed E-state index contributed by atoms with van der Waals surface area (Å²) in [6.45, 7) is -4.20. The first-order valence-corrected chi connectivity index (χ1v) is 14.5. The van der Waals surface area contributed by atoms with Gasteiger partial charge in [0.15, 0.2) is 0 Å². The van der Waals surface area contributed by atoms with Crippen molar-refractivity contribution in [2.75, 3.05) is 6.16 Å². The fraction of sp³-hybridized carbons (Fsp3) is 0.0303. The molecule has 0 unspecified atom stereocenters. The van der Waals surface area contributed by atoms with Crippen molar-refractivity contribution in [3.8, 4) is 0 Å². The van der Waals surface area contributed by atoms with Crippen molar-refractivity contribution >= 4 is 34.5 Å². The van der Waals surface area contributed by atoms with Gasteiger partial charge in [0.25, 0.3) is 0 Å². The van der Waals surface area contributed by atoms with Crippen LogP contribution in [0.4, 0.5) is 0 Å². The van der Waals surface area contributed by atoms with E-state index in [-0.39, 0.29) is 11.9 Å². The van der Waals surface area contributed by atoms with E-state index in [9.17, 15) is 9.59 Å². The molecule has 0 spiro atoms. The van der Waals surface area contributed by atoms with Gasteiger partial charge in [-0.05, 0) is 0 Å². The molecule has 0 amide bonds. The van der Waals surface area contributed by atoms with Crippen molar-refractivity contribution in [1.29, 1.82) is 0 Å². The van der Waals surface area contributed by atoms with Gasteiger partial charge < -0.3 is 0 Å². The zero-order valence-corrected chi connectivity index (χ0v) is 21.2. The first kappa shape index (κ1) is 24.4. The standard InChI is InChI=1S/C33H27O3P/c34-32(27-16-6-1-7-17-27)26-37(29-20-10-3-11-21-29,30-22-12-4-13-23-30,31-24-14-5-15-25-31)36-33(35)28-18-8-2-9-19-28/h1-25H,26H2. The minimum atomic E-state index is -4.20. The van der Waals surface area contributed by atoms with Crippen LogP contribution in [-0.2, 0) is 4.52 Å². The molecule has 0 fully saturated rings. The summed E-state index contributed by atoms with van der Waals surface area (Å²) in [5, 5.41) is 2.46. The van der Waals surface area contributed by atoms with Gasteiger partial charge in [0, 0.05) is 0 Å². The minimum absolute atomic E-state index is 0.00618. The van der Waals surface area contributed by atoms with Gasteiger partial charge in [-0.3, -0.25) is 0 Å². The van der Waals surface area contributed by atoms with Gasteiger partial charge in [0.05, 0.1) is 0 Å². The average molecular weight is 503 g/mol. The molecule has 0 aliphatic rings. The average Bonchev–Trinajstić information content (AvgIpc) is 2.99. The van der Waals surface area contributed by atoms with E-state index < -0.39 is 12.8 Å². The van der Waals surface area contributed by atoms with Crippen LogP contribution in [0.25, 0.3) is 0 Å². The molecule has 0 atom stereocenters. The molecule has 5 rings (SSSR count). The van der Waals surface area contributed by atoms with Gasteiger partial charge >= 0.3 is 218 Å². The third kappa shape index (κ3) is 4.39. The summed E-state index contributed by atoms with van der Waals surface area (Å²) in [7, 11) is 0. The van der Waals surface area contributed by atoms with Crippen molar-refractivity contribution in [3.05, 3.63) is 163 Å². The summed E-state index contributed by atoms with van der Waals surface area (Å²) >= 11 is 0. The molecule has 0 aliphatic heterocycles. The Morgan fingerprint density at radius 2 is 0.784 bits per heavy atom. The second kappa shape index (κ2) is 10.3. The number of carbonyl (C=O) groups excluding carboxylic acids is 2. The summed E-state index contributed by atoms with van der Waals surface area (Å²) in [6.07, 6.45) is 0.00618. The molecule has 0 saturated carbocycles. The Balaban J connectivity index is 1.88. The van der Waals surface area contributed by atoms with Crippen LogP contribution in [0.1, 0.15) is 20.7 Å². The van der Waals surface area contributed by atoms with Crippen LogP contribution in [0.5, 0.6) is 0 Å². The van der Waals surface area contributed by atoms with Crippen LogP contribution in [0.2, 0.25) is 0 Å². The summed E-state index contributed by atoms with van der Waals surface area (Å²) in [6, 6.07) is 47.5. The second-order valence-electron chi connectivity index (χ2n) is 8.91. The van der Waals surface area contributed by atoms with Gasteiger partial charge in [-0.15, -0.1) is 0 Å². The van der Waals surface area contributed by atoms with E-state index in [1.54, 1.807) is 12.1 Å². The Hall–Kier alpha value is -4.33. The number of carbonyl (C=O) groups is 2. The number of ketones is 1. The molecule has 0 bridgehead atoms. The van der Waals surface area contributed by atoms with Crippen molar-refractivity contribution in [2.24, 2.45) is 0 Å². The number of benzene rings is 5. The maximum atomic E-state index is 14.1. The quantitative estimate of drug-likeness (QED) is 0.188. The first-order valence-electron chi connectivity index (χ1n) is 12.2. The molecule has 3 nitrogen and oxygen atoms in total. The van der Waals surface area contributed by atoms with Crippen LogP contribution in [0.15, 0.2) is 152 Å². The molecule has 0 N–H and O–H groups in total. The van der Waals surface area contributed by atoms with E-state index in [1.807, 2.05) is 140 Å². The molecule has 0 radical (unpaired) electrons. The van der Waals surface area contributed by atoms with E-state index in [1.165, 1.54) is 0 Å². The molecule has 0 aromatic heterocycles. The zero-order valence-electron chi connectivity index (χ0n) is 20.3. The molecular formula is C33H27O3P. The van der Waals surface area contributed by atoms with Crippen molar-refractivity contribution < 1.29 is 14.1 Å². The summed E-state index contributed by atoms with van der Waals surface area (Å²) in [5.41, 5.74) is 1.02. The second-order valence-corrected chi connectivity index (χ2v) is 13.4. The van der Waals surface area contributed by atoms with E-state index in [2.05, 4.69) is 0 Å². The third-order valence-electron chi connectivity index (χ3n) is 6.74. The van der Waals surface area contributed by atoms with E-state index >= 15 is 0 Å². The molecule has 0 saturated heterocycles. The van der Waals surface area contributed by atoms with Crippen molar-refractivity contribution in [2.45, 2.75) is 0 Å². The summed E-state index contributed by atoms with van der Waals surface area (Å²) < 4.78 is 6.93. The fourth-order valence-electron chi connectivity index (χ4n) is 4.94. The molecule has 5 aromatic rings. The van der Waals surface area contributed by atoms with Crippen LogP contribution >= 0.6 is 6.83 Å². The normalized spacial score (nSPS) is 12.2. The van der Waals surface area contributed by atoms with Gasteiger partial charge in [-0.1, -0.05) is 0 Å². The summed E-state index contributed by atoms with van der Waals surface area (Å²) in [4.78, 5) is 28.1. The Kier molecular flexibility index (Phi) is 6.81. The number of hydrogen-bond acceptors (Lipinski definition) is 3. The predicted molar refractivity (Wildman–Crippen MR) is 153 cm³/mol. The Bertz CT molecular complexity index is 1330. The molecular weight excluding hydrogens is 475 g/mol. The predicted octanol–water partition coefficient (Wildman–Crippen LogP) is 6.17. The third-order valence-corrected chi connectivity index (χ3v) is 12.4. The number of rotatable bonds is 8. The van der Waals surface area contributed by atoms with E-state index in [0.29, 0.717) is 11.1 Å². The molecule has 37 heavy (non-hydrogen) atoms. The van der Waals surface area contributed by atoms with E-state index in [0.717, 1.165) is 15.9 Å². The topological polar surface area (TPSA) is 43.4 Å². The first-order chi connectivity index (χ1) is 18.1. The van der Waals surface area contributed by atoms with Gasteiger partial charge in [0.1, 0.15) is 0 Å². The fourth-order valence-corrected chi connectivity index (χ4v) is 10.4. The van der Waals surface area contributed by atoms with Crippen LogP contribution in [0, 0.1) is 0 Å². The monoisotopic (exact) mass is 502 g/mol. The van der Waals surface area contributed by atoms with Gasteiger partial charge in [-0.2, -0.15) is 0 Å². The Morgan fingerprint density at radius 1 is 0.459 bits per heavy atom. The van der Waals surface area contributed by atoms with E-state index in [4.69, 9.17) is 4.52 Å². The SMILES string of the molecule is O=C(CP(OC(=O)c1ccccc1)(c1ccccc1)(c1ccccc1)c1ccccc1)c1ccccc1. The molecule has 0 aliphatic carbocycles. The van der Waals surface area contributed by atoms with Gasteiger partial charge in [-0.25, -0.2) is 0 Å². The van der Waals surface area contributed by atoms with Crippen LogP contribution in [0.3, 0.4) is 0 Å². The number of Topliss-reactive ketones (excluding diaryl/α,β-unsaturated/α-hetero) is 1. The molecule has 182 valence electrons. The van der Waals surface area contributed by atoms with Gasteiger partial charge in [0.2, 0.25) is 0 Å². The summed E-state index contributed by atoms with van der Waals surface area (Å²) in [5.74, 6) is -0.550. The molecule has 4 heteroatoms. The molecule has 0 heterocycles. The number of hydrogen-bond donors (Lipinski definition) is 0.